The Kier molecular flexibility index (Phi) is 3.98. The van der Waals surface area contributed by atoms with Crippen molar-refractivity contribution in [3.63, 3.8) is 0 Å². The van der Waals surface area contributed by atoms with Crippen LogP contribution in [0.4, 0.5) is 0 Å². The van der Waals surface area contributed by atoms with E-state index in [-0.39, 0.29) is 17.7 Å². The summed E-state index contributed by atoms with van der Waals surface area (Å²) < 4.78 is 9.80. The summed E-state index contributed by atoms with van der Waals surface area (Å²) in [4.78, 5) is 28.5. The van der Waals surface area contributed by atoms with E-state index in [4.69, 9.17) is 9.47 Å². The van der Waals surface area contributed by atoms with Crippen molar-refractivity contribution in [3.05, 3.63) is 41.1 Å². The molecule has 5 heteroatoms. The van der Waals surface area contributed by atoms with Crippen molar-refractivity contribution in [2.75, 3.05) is 13.7 Å². The van der Waals surface area contributed by atoms with Gasteiger partial charge in [-0.25, -0.2) is 9.59 Å². The summed E-state index contributed by atoms with van der Waals surface area (Å²) in [5.41, 5.74) is 1.45. The Morgan fingerprint density at radius 2 is 1.85 bits per heavy atom. The van der Waals surface area contributed by atoms with E-state index >= 15 is 0 Å². The van der Waals surface area contributed by atoms with Crippen LogP contribution >= 0.6 is 0 Å². The topological polar surface area (TPSA) is 65.5 Å². The molecule has 0 N–H and O–H groups in total. The third-order valence-corrected chi connectivity index (χ3v) is 2.94. The zero-order valence-electron chi connectivity index (χ0n) is 11.6. The van der Waals surface area contributed by atoms with Crippen molar-refractivity contribution in [2.45, 2.75) is 13.8 Å². The zero-order chi connectivity index (χ0) is 14.7. The van der Waals surface area contributed by atoms with Crippen LogP contribution in [0.15, 0.2) is 24.3 Å². The lowest BCUT2D eigenvalue weighted by molar-refractivity contribution is 0.0503. The van der Waals surface area contributed by atoms with Gasteiger partial charge in [-0.05, 0) is 19.9 Å². The molecule has 2 rings (SSSR count). The Morgan fingerprint density at radius 3 is 2.50 bits per heavy atom. The molecule has 20 heavy (non-hydrogen) atoms. The molecule has 1 heterocycles. The fourth-order valence-electron chi connectivity index (χ4n) is 2.10. The summed E-state index contributed by atoms with van der Waals surface area (Å²) in [7, 11) is 1.28. The van der Waals surface area contributed by atoms with Gasteiger partial charge in [-0.2, -0.15) is 0 Å². The minimum absolute atomic E-state index is 0.164. The van der Waals surface area contributed by atoms with Crippen LogP contribution in [-0.2, 0) is 9.47 Å². The monoisotopic (exact) mass is 273 g/mol. The van der Waals surface area contributed by atoms with Gasteiger partial charge in [-0.1, -0.05) is 18.2 Å². The van der Waals surface area contributed by atoms with Crippen LogP contribution in [0.25, 0.3) is 10.9 Å². The summed E-state index contributed by atoms with van der Waals surface area (Å²) in [6, 6.07) is 7.11. The number of nitrogens with zero attached hydrogens (tertiary/aromatic N) is 1. The van der Waals surface area contributed by atoms with Crippen LogP contribution in [0, 0.1) is 6.92 Å². The number of hydrogen-bond acceptors (Lipinski definition) is 5. The van der Waals surface area contributed by atoms with E-state index in [0.717, 1.165) is 0 Å². The molecule has 0 saturated carbocycles. The van der Waals surface area contributed by atoms with E-state index in [2.05, 4.69) is 4.98 Å². The number of para-hydroxylation sites is 1. The Hall–Kier alpha value is -2.43. The molecule has 0 spiro atoms. The molecule has 1 aromatic carbocycles. The van der Waals surface area contributed by atoms with Crippen molar-refractivity contribution >= 4 is 22.8 Å². The SMILES string of the molecule is CCOC(=O)c1c(C)nc2ccccc2c1C(=O)OC. The van der Waals surface area contributed by atoms with E-state index in [9.17, 15) is 9.59 Å². The summed E-state index contributed by atoms with van der Waals surface area (Å²) in [5.74, 6) is -1.14. The fourth-order valence-corrected chi connectivity index (χ4v) is 2.10. The lowest BCUT2D eigenvalue weighted by Crippen LogP contribution is -2.16. The summed E-state index contributed by atoms with van der Waals surface area (Å²) in [6.07, 6.45) is 0. The smallest absolute Gasteiger partial charge is 0.340 e. The van der Waals surface area contributed by atoms with E-state index < -0.39 is 11.9 Å². The molecule has 2 aromatic rings. The average Bonchev–Trinajstić information content (AvgIpc) is 2.45. The minimum Gasteiger partial charge on any atom is -0.465 e. The van der Waals surface area contributed by atoms with Gasteiger partial charge in [0, 0.05) is 5.39 Å². The average molecular weight is 273 g/mol. The Morgan fingerprint density at radius 1 is 1.15 bits per heavy atom. The van der Waals surface area contributed by atoms with Gasteiger partial charge in [0.15, 0.2) is 0 Å². The van der Waals surface area contributed by atoms with Crippen LogP contribution < -0.4 is 0 Å². The van der Waals surface area contributed by atoms with Crippen LogP contribution in [0.2, 0.25) is 0 Å². The number of ether oxygens (including phenoxy) is 2. The first-order chi connectivity index (χ1) is 9.60. The van der Waals surface area contributed by atoms with E-state index in [0.29, 0.717) is 16.6 Å². The molecule has 5 nitrogen and oxygen atoms in total. The van der Waals surface area contributed by atoms with Crippen LogP contribution in [0.5, 0.6) is 0 Å². The molecule has 1 aromatic heterocycles. The molecule has 0 fully saturated rings. The van der Waals surface area contributed by atoms with E-state index in [1.165, 1.54) is 7.11 Å². The quantitative estimate of drug-likeness (QED) is 0.804. The van der Waals surface area contributed by atoms with Crippen LogP contribution in [0.3, 0.4) is 0 Å². The predicted molar refractivity (Wildman–Crippen MR) is 73.8 cm³/mol. The molecule has 0 atom stereocenters. The third-order valence-electron chi connectivity index (χ3n) is 2.94. The number of aryl methyl sites for hydroxylation is 1. The number of benzene rings is 1. The normalized spacial score (nSPS) is 10.3. The molecule has 0 bridgehead atoms. The van der Waals surface area contributed by atoms with Gasteiger partial charge in [-0.15, -0.1) is 0 Å². The summed E-state index contributed by atoms with van der Waals surface area (Å²) in [6.45, 7) is 3.61. The molecular formula is C15H15NO4. The maximum Gasteiger partial charge on any atom is 0.340 e. The van der Waals surface area contributed by atoms with Crippen molar-refractivity contribution in [1.82, 2.24) is 4.98 Å². The van der Waals surface area contributed by atoms with Gasteiger partial charge < -0.3 is 9.47 Å². The van der Waals surface area contributed by atoms with Gasteiger partial charge in [0.2, 0.25) is 0 Å². The van der Waals surface area contributed by atoms with Crippen molar-refractivity contribution < 1.29 is 19.1 Å². The van der Waals surface area contributed by atoms with Crippen molar-refractivity contribution in [3.8, 4) is 0 Å². The zero-order valence-corrected chi connectivity index (χ0v) is 11.6. The highest BCUT2D eigenvalue weighted by Crippen LogP contribution is 2.24. The number of fused-ring (bicyclic) bond motifs is 1. The van der Waals surface area contributed by atoms with Gasteiger partial charge in [0.1, 0.15) is 0 Å². The molecule has 0 saturated heterocycles. The highest BCUT2D eigenvalue weighted by molar-refractivity contribution is 6.12. The van der Waals surface area contributed by atoms with Gasteiger partial charge >= 0.3 is 11.9 Å². The Balaban J connectivity index is 2.81. The fraction of sp³-hybridized carbons (Fsp3) is 0.267. The Labute approximate surface area is 116 Å². The number of aromatic nitrogens is 1. The summed E-state index contributed by atoms with van der Waals surface area (Å²) in [5, 5.41) is 0.577. The number of pyridine rings is 1. The van der Waals surface area contributed by atoms with E-state index in [1.54, 1.807) is 32.0 Å². The maximum absolute atomic E-state index is 12.1. The lowest BCUT2D eigenvalue weighted by atomic mass is 10.0. The highest BCUT2D eigenvalue weighted by Gasteiger charge is 2.25. The number of esters is 2. The molecule has 104 valence electrons. The number of carbonyl (C=O) groups excluding carboxylic acids is 2. The second kappa shape index (κ2) is 5.69. The first kappa shape index (κ1) is 14.0. The number of rotatable bonds is 3. The predicted octanol–water partition coefficient (Wildman–Crippen LogP) is 2.51. The first-order valence-electron chi connectivity index (χ1n) is 6.25. The van der Waals surface area contributed by atoms with Crippen molar-refractivity contribution in [2.24, 2.45) is 0 Å². The number of carbonyl (C=O) groups is 2. The van der Waals surface area contributed by atoms with Crippen LogP contribution in [0.1, 0.15) is 33.3 Å². The molecule has 0 aliphatic heterocycles. The van der Waals surface area contributed by atoms with Gasteiger partial charge in [0.05, 0.1) is 36.1 Å². The van der Waals surface area contributed by atoms with Gasteiger partial charge in [-0.3, -0.25) is 4.98 Å². The molecule has 0 radical (unpaired) electrons. The molecule has 0 aliphatic carbocycles. The third kappa shape index (κ3) is 2.34. The van der Waals surface area contributed by atoms with Crippen LogP contribution in [-0.4, -0.2) is 30.6 Å². The first-order valence-corrected chi connectivity index (χ1v) is 6.25. The Bertz CT molecular complexity index is 679. The lowest BCUT2D eigenvalue weighted by Gasteiger charge is -2.12. The van der Waals surface area contributed by atoms with Gasteiger partial charge in [0.25, 0.3) is 0 Å². The molecule has 0 unspecified atom stereocenters. The molecular weight excluding hydrogens is 258 g/mol. The highest BCUT2D eigenvalue weighted by atomic mass is 16.5. The second-order valence-corrected chi connectivity index (χ2v) is 4.18. The van der Waals surface area contributed by atoms with E-state index in [1.807, 2.05) is 6.07 Å². The molecule has 0 aliphatic rings. The molecule has 0 amide bonds. The van der Waals surface area contributed by atoms with Crippen molar-refractivity contribution in [1.29, 1.82) is 0 Å². The minimum atomic E-state index is -0.574. The standard InChI is InChI=1S/C15H15NO4/c1-4-20-15(18)12-9(2)16-11-8-6-5-7-10(11)13(12)14(17)19-3/h5-8H,4H2,1-3H3. The maximum atomic E-state index is 12.1. The number of methoxy groups -OCH3 is 1. The second-order valence-electron chi connectivity index (χ2n) is 4.18. The summed E-state index contributed by atoms with van der Waals surface area (Å²) >= 11 is 0. The number of hydrogen-bond donors (Lipinski definition) is 0. The largest absolute Gasteiger partial charge is 0.465 e.